The summed E-state index contributed by atoms with van der Waals surface area (Å²) in [6.45, 7) is 0. The number of carbonyl (C=O) groups is 1. The first kappa shape index (κ1) is 26.9. The molecule has 7 heteroatoms. The number of halogens is 5. The lowest BCUT2D eigenvalue weighted by Gasteiger charge is -2.23. The maximum atomic E-state index is 11.4. The highest BCUT2D eigenvalue weighted by Gasteiger charge is 2.34. The van der Waals surface area contributed by atoms with Gasteiger partial charge in [-0.05, 0) is 12.8 Å². The van der Waals surface area contributed by atoms with Crippen LogP contribution < -0.4 is 0 Å². The van der Waals surface area contributed by atoms with Crippen molar-refractivity contribution in [3.05, 3.63) is 0 Å². The Labute approximate surface area is 184 Å². The average molecular weight is 471 g/mol. The number of unbranched alkanes of at least 4 members (excludes halogenated alkanes) is 10. The summed E-state index contributed by atoms with van der Waals surface area (Å²) in [7, 11) is 1.27. The van der Waals surface area contributed by atoms with Crippen LogP contribution >= 0.6 is 58.0 Å². The van der Waals surface area contributed by atoms with Crippen LogP contribution in [0, 0.1) is 0 Å². The van der Waals surface area contributed by atoms with Gasteiger partial charge in [-0.25, -0.2) is 0 Å². The number of methoxy groups -OCH3 is 1. The summed E-state index contributed by atoms with van der Waals surface area (Å²) >= 11 is 30.3. The van der Waals surface area contributed by atoms with E-state index in [0.717, 1.165) is 31.6 Å². The predicted molar refractivity (Wildman–Crippen MR) is 117 cm³/mol. The molecule has 2 nitrogen and oxygen atoms in total. The molecule has 0 aliphatic heterocycles. The van der Waals surface area contributed by atoms with E-state index in [9.17, 15) is 4.79 Å². The van der Waals surface area contributed by atoms with Gasteiger partial charge in [-0.1, -0.05) is 64.2 Å². The molecule has 0 heterocycles. The van der Waals surface area contributed by atoms with E-state index in [1.165, 1.54) is 58.5 Å². The summed E-state index contributed by atoms with van der Waals surface area (Å²) in [5.74, 6) is 0.205. The monoisotopic (exact) mass is 468 g/mol. The molecule has 0 bridgehead atoms. The number of rotatable bonds is 17. The smallest absolute Gasteiger partial charge is 0.325 e. The third-order valence-electron chi connectivity index (χ3n) is 4.47. The van der Waals surface area contributed by atoms with E-state index in [4.69, 9.17) is 58.0 Å². The molecular formula is C19H33Cl5O2. The SMILES string of the molecule is COC(=O)C(Cl)C(Cl)C(Cl)C(Cl)CCCCCCCCCCCCCCl. The zero-order valence-electron chi connectivity index (χ0n) is 15.7. The van der Waals surface area contributed by atoms with Crippen molar-refractivity contribution >= 4 is 64.0 Å². The van der Waals surface area contributed by atoms with Gasteiger partial charge in [-0.3, -0.25) is 4.79 Å². The summed E-state index contributed by atoms with van der Waals surface area (Å²) in [6, 6.07) is 0. The fourth-order valence-corrected chi connectivity index (χ4v) is 4.23. The van der Waals surface area contributed by atoms with Crippen molar-refractivity contribution in [1.82, 2.24) is 0 Å². The summed E-state index contributed by atoms with van der Waals surface area (Å²) in [4.78, 5) is 11.4. The largest absolute Gasteiger partial charge is 0.468 e. The Morgan fingerprint density at radius 3 is 1.58 bits per heavy atom. The first-order valence-electron chi connectivity index (χ1n) is 9.65. The molecule has 0 aliphatic carbocycles. The first-order chi connectivity index (χ1) is 12.5. The van der Waals surface area contributed by atoms with Crippen LogP contribution in [0.5, 0.6) is 0 Å². The van der Waals surface area contributed by atoms with Crippen LogP contribution in [0.4, 0.5) is 0 Å². The minimum Gasteiger partial charge on any atom is -0.468 e. The van der Waals surface area contributed by atoms with Crippen molar-refractivity contribution in [1.29, 1.82) is 0 Å². The van der Waals surface area contributed by atoms with Crippen LogP contribution in [0.2, 0.25) is 0 Å². The lowest BCUT2D eigenvalue weighted by Crippen LogP contribution is -2.37. The fourth-order valence-electron chi connectivity index (χ4n) is 2.79. The van der Waals surface area contributed by atoms with Gasteiger partial charge in [0.15, 0.2) is 0 Å². The van der Waals surface area contributed by atoms with Gasteiger partial charge in [0.05, 0.1) is 23.2 Å². The molecular weight excluding hydrogens is 437 g/mol. The highest BCUT2D eigenvalue weighted by Crippen LogP contribution is 2.28. The second-order valence-electron chi connectivity index (χ2n) is 6.70. The molecule has 4 atom stereocenters. The molecule has 0 rings (SSSR count). The van der Waals surface area contributed by atoms with Crippen LogP contribution in [0.3, 0.4) is 0 Å². The molecule has 0 aliphatic rings. The third-order valence-corrected chi connectivity index (χ3v) is 7.16. The van der Waals surface area contributed by atoms with Gasteiger partial charge in [0.1, 0.15) is 5.38 Å². The van der Waals surface area contributed by atoms with E-state index in [1.54, 1.807) is 0 Å². The second kappa shape index (κ2) is 18.0. The second-order valence-corrected chi connectivity index (χ2v) is 9.11. The maximum Gasteiger partial charge on any atom is 0.325 e. The lowest BCUT2D eigenvalue weighted by atomic mass is 10.0. The summed E-state index contributed by atoms with van der Waals surface area (Å²) < 4.78 is 4.58. The maximum absolute atomic E-state index is 11.4. The van der Waals surface area contributed by atoms with Crippen molar-refractivity contribution in [3.63, 3.8) is 0 Å². The van der Waals surface area contributed by atoms with Crippen molar-refractivity contribution in [3.8, 4) is 0 Å². The van der Waals surface area contributed by atoms with Crippen LogP contribution in [-0.4, -0.2) is 40.5 Å². The molecule has 0 saturated carbocycles. The molecule has 0 N–H and O–H groups in total. The molecule has 0 saturated heterocycles. The number of hydrogen-bond acceptors (Lipinski definition) is 2. The van der Waals surface area contributed by atoms with Crippen LogP contribution in [0.25, 0.3) is 0 Å². The zero-order valence-corrected chi connectivity index (χ0v) is 19.5. The van der Waals surface area contributed by atoms with Crippen molar-refractivity contribution in [2.24, 2.45) is 0 Å². The molecule has 0 amide bonds. The Kier molecular flexibility index (Phi) is 18.6. The molecule has 0 aromatic carbocycles. The normalized spacial score (nSPS) is 16.1. The Morgan fingerprint density at radius 1 is 0.731 bits per heavy atom. The molecule has 26 heavy (non-hydrogen) atoms. The highest BCUT2D eigenvalue weighted by atomic mass is 35.5. The summed E-state index contributed by atoms with van der Waals surface area (Å²) in [5.41, 5.74) is 0. The van der Waals surface area contributed by atoms with Gasteiger partial charge in [0.25, 0.3) is 0 Å². The molecule has 0 fully saturated rings. The standard InChI is InChI=1S/C19H33Cl5O2/c1-26-19(25)18(24)17(23)16(22)15(21)13-11-9-7-5-3-2-4-6-8-10-12-14-20/h15-18H,2-14H2,1H3. The number of carbonyl (C=O) groups excluding carboxylic acids is 1. The minimum atomic E-state index is -0.986. The van der Waals surface area contributed by atoms with Crippen molar-refractivity contribution in [2.45, 2.75) is 98.6 Å². The fraction of sp³-hybridized carbons (Fsp3) is 0.947. The molecule has 0 spiro atoms. The van der Waals surface area contributed by atoms with Crippen LogP contribution in [-0.2, 0) is 9.53 Å². The quantitative estimate of drug-likeness (QED) is 0.125. The number of hydrogen-bond donors (Lipinski definition) is 0. The van der Waals surface area contributed by atoms with E-state index in [1.807, 2.05) is 0 Å². The first-order valence-corrected chi connectivity index (χ1v) is 11.9. The Bertz CT molecular complexity index is 344. The predicted octanol–water partition coefficient (Wildman–Crippen LogP) is 7.51. The highest BCUT2D eigenvalue weighted by molar-refractivity contribution is 6.41. The van der Waals surface area contributed by atoms with Gasteiger partial charge in [0, 0.05) is 5.88 Å². The lowest BCUT2D eigenvalue weighted by molar-refractivity contribution is -0.140. The van der Waals surface area contributed by atoms with Gasteiger partial charge in [-0.2, -0.15) is 0 Å². The van der Waals surface area contributed by atoms with Gasteiger partial charge >= 0.3 is 5.97 Å². The van der Waals surface area contributed by atoms with Crippen LogP contribution in [0.1, 0.15) is 77.0 Å². The number of alkyl halides is 5. The van der Waals surface area contributed by atoms with Crippen molar-refractivity contribution < 1.29 is 9.53 Å². The Balaban J connectivity index is 3.61. The Morgan fingerprint density at radius 2 is 1.15 bits per heavy atom. The molecule has 0 aromatic heterocycles. The molecule has 4 unspecified atom stereocenters. The van der Waals surface area contributed by atoms with Gasteiger partial charge in [-0.15, -0.1) is 58.0 Å². The van der Waals surface area contributed by atoms with E-state index in [-0.39, 0.29) is 5.38 Å². The van der Waals surface area contributed by atoms with E-state index < -0.39 is 22.1 Å². The van der Waals surface area contributed by atoms with E-state index in [0.29, 0.717) is 0 Å². The summed E-state index contributed by atoms with van der Waals surface area (Å²) in [6.07, 6.45) is 14.4. The number of esters is 1. The molecule has 156 valence electrons. The Hall–Kier alpha value is 0.920. The zero-order chi connectivity index (χ0) is 19.8. The van der Waals surface area contributed by atoms with Crippen LogP contribution in [0.15, 0.2) is 0 Å². The van der Waals surface area contributed by atoms with E-state index in [2.05, 4.69) is 4.74 Å². The van der Waals surface area contributed by atoms with Gasteiger partial charge < -0.3 is 4.74 Å². The minimum absolute atomic E-state index is 0.307. The molecule has 0 radical (unpaired) electrons. The summed E-state index contributed by atoms with van der Waals surface area (Å²) in [5, 5.41) is -2.62. The van der Waals surface area contributed by atoms with E-state index >= 15 is 0 Å². The average Bonchev–Trinajstić information content (AvgIpc) is 2.66. The van der Waals surface area contributed by atoms with Crippen molar-refractivity contribution in [2.75, 3.05) is 13.0 Å². The molecule has 0 aromatic rings. The van der Waals surface area contributed by atoms with Gasteiger partial charge in [0.2, 0.25) is 0 Å². The number of ether oxygens (including phenoxy) is 1. The third kappa shape index (κ3) is 13.2. The topological polar surface area (TPSA) is 26.3 Å².